The van der Waals surface area contributed by atoms with Crippen LogP contribution in [0.15, 0.2) is 10.7 Å². The van der Waals surface area contributed by atoms with Crippen LogP contribution in [0.5, 0.6) is 0 Å². The highest BCUT2D eigenvalue weighted by molar-refractivity contribution is 9.10. The average molecular weight is 324 g/mol. The van der Waals surface area contributed by atoms with Gasteiger partial charge in [0.05, 0.1) is 22.7 Å². The summed E-state index contributed by atoms with van der Waals surface area (Å²) in [5, 5.41) is 0. The minimum atomic E-state index is -4.75. The summed E-state index contributed by atoms with van der Waals surface area (Å²) in [6.07, 6.45) is -7.78. The standard InChI is InChI=1S/C8H4BrClF5N/c9-6-3(7(11)12)1-4(8(13,14)15)5(2-10)16-6/h1,7H,2H2. The Balaban J connectivity index is 3.41. The van der Waals surface area contributed by atoms with Gasteiger partial charge < -0.3 is 0 Å². The second kappa shape index (κ2) is 4.83. The molecule has 0 atom stereocenters. The molecule has 0 aliphatic carbocycles. The van der Waals surface area contributed by atoms with E-state index in [1.165, 1.54) is 0 Å². The first-order valence-electron chi connectivity index (χ1n) is 3.88. The van der Waals surface area contributed by atoms with Crippen LogP contribution in [0.4, 0.5) is 22.0 Å². The largest absolute Gasteiger partial charge is 0.418 e. The summed E-state index contributed by atoms with van der Waals surface area (Å²) in [5.41, 5.74) is -2.52. The lowest BCUT2D eigenvalue weighted by Crippen LogP contribution is -2.12. The number of aromatic nitrogens is 1. The molecule has 1 nitrogen and oxygen atoms in total. The molecule has 8 heteroatoms. The van der Waals surface area contributed by atoms with Crippen LogP contribution in [0.25, 0.3) is 0 Å². The summed E-state index contributed by atoms with van der Waals surface area (Å²) in [6, 6.07) is 0.361. The van der Waals surface area contributed by atoms with Crippen molar-refractivity contribution in [2.75, 3.05) is 0 Å². The molecule has 0 N–H and O–H groups in total. The molecular formula is C8H4BrClF5N. The topological polar surface area (TPSA) is 12.9 Å². The highest BCUT2D eigenvalue weighted by Gasteiger charge is 2.35. The minimum absolute atomic E-state index is 0.328. The van der Waals surface area contributed by atoms with Gasteiger partial charge in [-0.25, -0.2) is 13.8 Å². The monoisotopic (exact) mass is 323 g/mol. The second-order valence-electron chi connectivity index (χ2n) is 2.79. The zero-order valence-corrected chi connectivity index (χ0v) is 9.80. The number of alkyl halides is 6. The van der Waals surface area contributed by atoms with Crippen LogP contribution in [0, 0.1) is 0 Å². The normalized spacial score (nSPS) is 12.2. The minimum Gasteiger partial charge on any atom is -0.244 e. The van der Waals surface area contributed by atoms with Gasteiger partial charge >= 0.3 is 6.18 Å². The molecule has 0 amide bonds. The van der Waals surface area contributed by atoms with Gasteiger partial charge in [0.1, 0.15) is 4.60 Å². The zero-order valence-electron chi connectivity index (χ0n) is 7.45. The average Bonchev–Trinajstić information content (AvgIpc) is 2.14. The van der Waals surface area contributed by atoms with Crippen LogP contribution in [-0.4, -0.2) is 4.98 Å². The summed E-state index contributed by atoms with van der Waals surface area (Å²) in [5.74, 6) is -0.503. The molecule has 1 aromatic rings. The maximum Gasteiger partial charge on any atom is 0.418 e. The molecule has 0 aliphatic heterocycles. The Hall–Kier alpha value is -0.430. The first kappa shape index (κ1) is 13.6. The van der Waals surface area contributed by atoms with E-state index < -0.39 is 35.3 Å². The molecule has 0 saturated carbocycles. The lowest BCUT2D eigenvalue weighted by Gasteiger charge is -2.13. The fraction of sp³-hybridized carbons (Fsp3) is 0.375. The third kappa shape index (κ3) is 2.82. The zero-order chi connectivity index (χ0) is 12.5. The van der Waals surface area contributed by atoms with Crippen molar-refractivity contribution in [1.29, 1.82) is 0 Å². The number of hydrogen-bond acceptors (Lipinski definition) is 1. The number of rotatable bonds is 2. The van der Waals surface area contributed by atoms with Crippen molar-refractivity contribution in [3.8, 4) is 0 Å². The van der Waals surface area contributed by atoms with E-state index in [-0.39, 0.29) is 4.60 Å². The number of nitrogens with zero attached hydrogens (tertiary/aromatic N) is 1. The van der Waals surface area contributed by atoms with E-state index in [9.17, 15) is 22.0 Å². The fourth-order valence-electron chi connectivity index (χ4n) is 1.04. The smallest absolute Gasteiger partial charge is 0.244 e. The van der Waals surface area contributed by atoms with Crippen molar-refractivity contribution in [1.82, 2.24) is 4.98 Å². The SMILES string of the molecule is FC(F)c1cc(C(F)(F)F)c(CCl)nc1Br. The first-order chi connectivity index (χ1) is 7.27. The Labute approximate surface area is 101 Å². The van der Waals surface area contributed by atoms with Gasteiger partial charge in [-0.2, -0.15) is 13.2 Å². The van der Waals surface area contributed by atoms with E-state index in [0.29, 0.717) is 6.07 Å². The third-order valence-electron chi connectivity index (χ3n) is 1.75. The van der Waals surface area contributed by atoms with E-state index in [4.69, 9.17) is 11.6 Å². The first-order valence-corrected chi connectivity index (χ1v) is 5.20. The molecule has 0 aromatic carbocycles. The number of halogens is 7. The van der Waals surface area contributed by atoms with Gasteiger partial charge in [0, 0.05) is 0 Å². The highest BCUT2D eigenvalue weighted by Crippen LogP contribution is 2.36. The van der Waals surface area contributed by atoms with Crippen molar-refractivity contribution in [3.63, 3.8) is 0 Å². The summed E-state index contributed by atoms with van der Waals surface area (Å²) >= 11 is 7.94. The lowest BCUT2D eigenvalue weighted by molar-refractivity contribution is -0.138. The maximum atomic E-state index is 12.5. The summed E-state index contributed by atoms with van der Waals surface area (Å²) < 4.78 is 61.8. The van der Waals surface area contributed by atoms with Crippen molar-refractivity contribution in [2.24, 2.45) is 0 Å². The van der Waals surface area contributed by atoms with E-state index in [1.54, 1.807) is 0 Å². The lowest BCUT2D eigenvalue weighted by atomic mass is 10.1. The number of pyridine rings is 1. The molecule has 1 aromatic heterocycles. The molecule has 0 spiro atoms. The Morgan fingerprint density at radius 2 is 1.94 bits per heavy atom. The predicted octanol–water partition coefficient (Wildman–Crippen LogP) is 4.54. The van der Waals surface area contributed by atoms with E-state index >= 15 is 0 Å². The molecule has 0 fully saturated rings. The van der Waals surface area contributed by atoms with Gasteiger partial charge in [0.15, 0.2) is 0 Å². The van der Waals surface area contributed by atoms with Gasteiger partial charge in [-0.3, -0.25) is 0 Å². The Morgan fingerprint density at radius 3 is 2.31 bits per heavy atom. The van der Waals surface area contributed by atoms with E-state index in [0.717, 1.165) is 0 Å². The van der Waals surface area contributed by atoms with Gasteiger partial charge in [0.25, 0.3) is 6.43 Å². The quantitative estimate of drug-likeness (QED) is 0.442. The number of hydrogen-bond donors (Lipinski definition) is 0. The van der Waals surface area contributed by atoms with Crippen LogP contribution in [0.1, 0.15) is 23.2 Å². The Kier molecular flexibility index (Phi) is 4.12. The molecule has 0 unspecified atom stereocenters. The van der Waals surface area contributed by atoms with Crippen molar-refractivity contribution < 1.29 is 22.0 Å². The Morgan fingerprint density at radius 1 is 1.38 bits per heavy atom. The van der Waals surface area contributed by atoms with Crippen molar-refractivity contribution in [3.05, 3.63) is 27.5 Å². The molecule has 1 heterocycles. The molecule has 16 heavy (non-hydrogen) atoms. The molecular weight excluding hydrogens is 320 g/mol. The molecule has 1 rings (SSSR count). The molecule has 0 saturated heterocycles. The van der Waals surface area contributed by atoms with Crippen LogP contribution >= 0.6 is 27.5 Å². The third-order valence-corrected chi connectivity index (χ3v) is 2.64. The highest BCUT2D eigenvalue weighted by atomic mass is 79.9. The summed E-state index contributed by atoms with van der Waals surface area (Å²) in [4.78, 5) is 3.36. The molecule has 0 aliphatic rings. The second-order valence-corrected chi connectivity index (χ2v) is 3.81. The molecule has 90 valence electrons. The van der Waals surface area contributed by atoms with Crippen molar-refractivity contribution >= 4 is 27.5 Å². The fourth-order valence-corrected chi connectivity index (χ4v) is 1.75. The van der Waals surface area contributed by atoms with Gasteiger partial charge in [-0.1, -0.05) is 0 Å². The van der Waals surface area contributed by atoms with Crippen molar-refractivity contribution in [2.45, 2.75) is 18.5 Å². The Bertz CT molecular complexity index is 393. The van der Waals surface area contributed by atoms with Crippen LogP contribution in [0.2, 0.25) is 0 Å². The van der Waals surface area contributed by atoms with E-state index in [1.807, 2.05) is 0 Å². The van der Waals surface area contributed by atoms with E-state index in [2.05, 4.69) is 20.9 Å². The molecule has 0 bridgehead atoms. The molecule has 0 radical (unpaired) electrons. The van der Waals surface area contributed by atoms with Gasteiger partial charge in [-0.05, 0) is 22.0 Å². The van der Waals surface area contributed by atoms with Crippen LogP contribution in [0.3, 0.4) is 0 Å². The predicted molar refractivity (Wildman–Crippen MR) is 51.5 cm³/mol. The summed E-state index contributed by atoms with van der Waals surface area (Å²) in [7, 11) is 0. The van der Waals surface area contributed by atoms with Crippen LogP contribution in [-0.2, 0) is 12.1 Å². The van der Waals surface area contributed by atoms with Gasteiger partial charge in [0.2, 0.25) is 0 Å². The van der Waals surface area contributed by atoms with Gasteiger partial charge in [-0.15, -0.1) is 11.6 Å². The summed E-state index contributed by atoms with van der Waals surface area (Å²) in [6.45, 7) is 0. The maximum absolute atomic E-state index is 12.5. The van der Waals surface area contributed by atoms with Crippen LogP contribution < -0.4 is 0 Å².